The summed E-state index contributed by atoms with van der Waals surface area (Å²) in [6.07, 6.45) is 2.12. The Balaban J connectivity index is 2.24. The number of hydrogen-bond donors (Lipinski definition) is 0. The number of carbonyl (C=O) groups excluding carboxylic acids is 1. The molecule has 3 heteroatoms. The molecule has 0 amide bonds. The number of ketones is 1. The Morgan fingerprint density at radius 1 is 1.35 bits per heavy atom. The van der Waals surface area contributed by atoms with E-state index in [9.17, 15) is 4.79 Å². The molecule has 0 bridgehead atoms. The van der Waals surface area contributed by atoms with Crippen LogP contribution < -0.4 is 9.47 Å². The fourth-order valence-corrected chi connectivity index (χ4v) is 2.03. The number of ether oxygens (including phenoxy) is 2. The van der Waals surface area contributed by atoms with Gasteiger partial charge in [0, 0.05) is 12.3 Å². The monoisotopic (exact) mass is 234 g/mol. The van der Waals surface area contributed by atoms with Crippen molar-refractivity contribution in [2.45, 2.75) is 26.2 Å². The molecule has 0 saturated heterocycles. The summed E-state index contributed by atoms with van der Waals surface area (Å²) in [5.74, 6) is 2.12. The molecule has 0 aromatic heterocycles. The molecule has 2 rings (SSSR count). The summed E-state index contributed by atoms with van der Waals surface area (Å²) < 4.78 is 10.9. The van der Waals surface area contributed by atoms with E-state index in [0.717, 1.165) is 29.9 Å². The van der Waals surface area contributed by atoms with Gasteiger partial charge < -0.3 is 9.47 Å². The minimum Gasteiger partial charge on any atom is -0.497 e. The fraction of sp³-hybridized carbons (Fsp3) is 0.500. The third-order valence-electron chi connectivity index (χ3n) is 3.27. The molecular formula is C14H18O3. The van der Waals surface area contributed by atoms with Gasteiger partial charge in [-0.1, -0.05) is 6.92 Å². The number of rotatable bonds is 1. The van der Waals surface area contributed by atoms with Crippen molar-refractivity contribution in [3.8, 4) is 11.5 Å². The van der Waals surface area contributed by atoms with Gasteiger partial charge in [0.15, 0.2) is 0 Å². The first-order valence-electron chi connectivity index (χ1n) is 6.03. The van der Waals surface area contributed by atoms with Crippen LogP contribution in [0.1, 0.15) is 25.3 Å². The van der Waals surface area contributed by atoms with Crippen molar-refractivity contribution in [3.63, 3.8) is 0 Å². The first-order valence-corrected chi connectivity index (χ1v) is 6.03. The van der Waals surface area contributed by atoms with Crippen LogP contribution in [0, 0.1) is 5.92 Å². The summed E-state index contributed by atoms with van der Waals surface area (Å²) in [6.45, 7) is 2.58. The number of carbonyl (C=O) groups is 1. The Morgan fingerprint density at radius 3 is 2.94 bits per heavy atom. The zero-order chi connectivity index (χ0) is 12.3. The van der Waals surface area contributed by atoms with E-state index in [0.29, 0.717) is 18.8 Å². The smallest absolute Gasteiger partial charge is 0.136 e. The molecule has 0 radical (unpaired) electrons. The number of fused-ring (bicyclic) bond motifs is 1. The Morgan fingerprint density at radius 2 is 2.18 bits per heavy atom. The van der Waals surface area contributed by atoms with E-state index in [1.807, 2.05) is 25.1 Å². The predicted octanol–water partition coefficient (Wildman–Crippen LogP) is 2.62. The standard InChI is InChI=1S/C14H18O3/c1-10-7-8-17-14-6-4-12(16-2)9-11(14)3-5-13(10)15/h4,6,9-10H,3,5,7-8H2,1-2H3. The van der Waals surface area contributed by atoms with Gasteiger partial charge in [-0.05, 0) is 36.6 Å². The molecule has 1 unspecified atom stereocenters. The maximum atomic E-state index is 11.8. The molecule has 0 saturated carbocycles. The molecule has 0 spiro atoms. The summed E-state index contributed by atoms with van der Waals surface area (Å²) >= 11 is 0. The number of benzene rings is 1. The van der Waals surface area contributed by atoms with Crippen LogP contribution in [-0.2, 0) is 11.2 Å². The van der Waals surface area contributed by atoms with Crippen molar-refractivity contribution in [2.24, 2.45) is 5.92 Å². The summed E-state index contributed by atoms with van der Waals surface area (Å²) in [5.41, 5.74) is 1.06. The number of Topliss-reactive ketones (excluding diaryl/α,β-unsaturated/α-hetero) is 1. The van der Waals surface area contributed by atoms with Gasteiger partial charge in [0.25, 0.3) is 0 Å². The van der Waals surface area contributed by atoms with Crippen LogP contribution in [0.25, 0.3) is 0 Å². The van der Waals surface area contributed by atoms with E-state index in [1.54, 1.807) is 7.11 Å². The average Bonchev–Trinajstić information content (AvgIpc) is 2.41. The van der Waals surface area contributed by atoms with Crippen molar-refractivity contribution < 1.29 is 14.3 Å². The maximum absolute atomic E-state index is 11.8. The van der Waals surface area contributed by atoms with Gasteiger partial charge in [-0.25, -0.2) is 0 Å². The molecule has 0 fully saturated rings. The van der Waals surface area contributed by atoms with Crippen molar-refractivity contribution in [2.75, 3.05) is 13.7 Å². The van der Waals surface area contributed by atoms with E-state index in [2.05, 4.69) is 0 Å². The average molecular weight is 234 g/mol. The van der Waals surface area contributed by atoms with E-state index >= 15 is 0 Å². The summed E-state index contributed by atoms with van der Waals surface area (Å²) in [4.78, 5) is 11.8. The zero-order valence-corrected chi connectivity index (χ0v) is 10.4. The second-order valence-electron chi connectivity index (χ2n) is 4.48. The summed E-state index contributed by atoms with van der Waals surface area (Å²) in [5, 5.41) is 0. The van der Waals surface area contributed by atoms with E-state index in [-0.39, 0.29) is 5.92 Å². The molecule has 1 aromatic rings. The van der Waals surface area contributed by atoms with Crippen LogP contribution in [-0.4, -0.2) is 19.5 Å². The topological polar surface area (TPSA) is 35.5 Å². The predicted molar refractivity (Wildman–Crippen MR) is 65.6 cm³/mol. The molecule has 3 nitrogen and oxygen atoms in total. The van der Waals surface area contributed by atoms with E-state index in [4.69, 9.17) is 9.47 Å². The highest BCUT2D eigenvalue weighted by atomic mass is 16.5. The molecule has 92 valence electrons. The summed E-state index contributed by atoms with van der Waals surface area (Å²) in [6, 6.07) is 5.77. The van der Waals surface area contributed by atoms with Crippen LogP contribution in [0.3, 0.4) is 0 Å². The number of aryl methyl sites for hydroxylation is 1. The SMILES string of the molecule is COc1ccc2c(c1)CCC(=O)C(C)CCO2. The molecule has 1 aromatic carbocycles. The van der Waals surface area contributed by atoms with Crippen molar-refractivity contribution in [3.05, 3.63) is 23.8 Å². The molecule has 0 aliphatic carbocycles. The number of methoxy groups -OCH3 is 1. The minimum atomic E-state index is 0.103. The lowest BCUT2D eigenvalue weighted by atomic mass is 9.97. The third-order valence-corrected chi connectivity index (χ3v) is 3.27. The van der Waals surface area contributed by atoms with Crippen LogP contribution in [0.5, 0.6) is 11.5 Å². The Kier molecular flexibility index (Phi) is 3.67. The van der Waals surface area contributed by atoms with E-state index in [1.165, 1.54) is 0 Å². The van der Waals surface area contributed by atoms with Crippen molar-refractivity contribution in [1.82, 2.24) is 0 Å². The lowest BCUT2D eigenvalue weighted by molar-refractivity contribution is -0.122. The highest BCUT2D eigenvalue weighted by Gasteiger charge is 2.17. The van der Waals surface area contributed by atoms with Crippen LogP contribution in [0.2, 0.25) is 0 Å². The van der Waals surface area contributed by atoms with Gasteiger partial charge >= 0.3 is 0 Å². The molecule has 1 aliphatic rings. The minimum absolute atomic E-state index is 0.103. The molecule has 1 atom stereocenters. The third kappa shape index (κ3) is 2.78. The van der Waals surface area contributed by atoms with Crippen LogP contribution in [0.15, 0.2) is 18.2 Å². The first kappa shape index (κ1) is 12.0. The van der Waals surface area contributed by atoms with Crippen molar-refractivity contribution in [1.29, 1.82) is 0 Å². The second kappa shape index (κ2) is 5.21. The Hall–Kier alpha value is -1.51. The van der Waals surface area contributed by atoms with Gasteiger partial charge in [-0.2, -0.15) is 0 Å². The van der Waals surface area contributed by atoms with Crippen molar-refractivity contribution >= 4 is 5.78 Å². The van der Waals surface area contributed by atoms with Crippen LogP contribution in [0.4, 0.5) is 0 Å². The highest BCUT2D eigenvalue weighted by Crippen LogP contribution is 2.27. The lowest BCUT2D eigenvalue weighted by Gasteiger charge is -2.11. The first-order chi connectivity index (χ1) is 8.20. The summed E-state index contributed by atoms with van der Waals surface area (Å²) in [7, 11) is 1.64. The van der Waals surface area contributed by atoms with Gasteiger partial charge in [0.1, 0.15) is 17.3 Å². The molecular weight excluding hydrogens is 216 g/mol. The zero-order valence-electron chi connectivity index (χ0n) is 10.4. The molecule has 17 heavy (non-hydrogen) atoms. The lowest BCUT2D eigenvalue weighted by Crippen LogP contribution is -2.13. The second-order valence-corrected chi connectivity index (χ2v) is 4.48. The normalized spacial score (nSPS) is 20.6. The highest BCUT2D eigenvalue weighted by molar-refractivity contribution is 5.81. The molecule has 0 N–H and O–H groups in total. The van der Waals surface area contributed by atoms with Crippen LogP contribution >= 0.6 is 0 Å². The Bertz CT molecular complexity index is 412. The van der Waals surface area contributed by atoms with Gasteiger partial charge in [-0.15, -0.1) is 0 Å². The van der Waals surface area contributed by atoms with Gasteiger partial charge in [0.2, 0.25) is 0 Å². The molecule has 1 heterocycles. The van der Waals surface area contributed by atoms with E-state index < -0.39 is 0 Å². The van der Waals surface area contributed by atoms with Gasteiger partial charge in [-0.3, -0.25) is 4.79 Å². The molecule has 1 aliphatic heterocycles. The number of hydrogen-bond acceptors (Lipinski definition) is 3. The fourth-order valence-electron chi connectivity index (χ4n) is 2.03. The van der Waals surface area contributed by atoms with Gasteiger partial charge in [0.05, 0.1) is 13.7 Å². The quantitative estimate of drug-likeness (QED) is 0.749. The maximum Gasteiger partial charge on any atom is 0.136 e. The largest absolute Gasteiger partial charge is 0.497 e. The Labute approximate surface area is 102 Å².